The minimum absolute atomic E-state index is 0.297. The van der Waals surface area contributed by atoms with E-state index in [9.17, 15) is 0 Å². The lowest BCUT2D eigenvalue weighted by Gasteiger charge is -2.46. The van der Waals surface area contributed by atoms with E-state index in [0.717, 1.165) is 39.1 Å². The van der Waals surface area contributed by atoms with Crippen LogP contribution >= 0.6 is 0 Å². The summed E-state index contributed by atoms with van der Waals surface area (Å²) in [6.07, 6.45) is 9.15. The topological polar surface area (TPSA) is 21.7 Å². The van der Waals surface area contributed by atoms with E-state index in [1.54, 1.807) is 0 Å². The zero-order valence-corrected chi connectivity index (χ0v) is 25.5. The SMILES string of the molecule is CN1c2ccccc2C(C)(C)C12C=Cc1c3c(c4ccccc4c1O2)-c1ccccc1C31C=Cc2c(ccc3ccccc23)O1. The smallest absolute Gasteiger partial charge is 0.211 e. The van der Waals surface area contributed by atoms with Crippen molar-refractivity contribution < 1.29 is 9.47 Å². The van der Waals surface area contributed by atoms with E-state index < -0.39 is 11.3 Å². The van der Waals surface area contributed by atoms with Gasteiger partial charge < -0.3 is 14.4 Å². The van der Waals surface area contributed by atoms with Crippen molar-refractivity contribution in [2.75, 3.05) is 11.9 Å². The van der Waals surface area contributed by atoms with E-state index in [-0.39, 0.29) is 5.41 Å². The molecule has 2 atom stereocenters. The Morgan fingerprint density at radius 3 is 2.13 bits per heavy atom. The molecule has 0 bridgehead atoms. The predicted octanol–water partition coefficient (Wildman–Crippen LogP) is 9.85. The van der Waals surface area contributed by atoms with Gasteiger partial charge in [-0.3, -0.25) is 0 Å². The van der Waals surface area contributed by atoms with Crippen LogP contribution in [0, 0.1) is 0 Å². The number of ether oxygens (including phenoxy) is 2. The molecule has 0 aromatic heterocycles. The van der Waals surface area contributed by atoms with Crippen LogP contribution in [-0.2, 0) is 11.0 Å². The monoisotopic (exact) mass is 581 g/mol. The second-order valence-electron chi connectivity index (χ2n) is 13.3. The molecular weight excluding hydrogens is 550 g/mol. The molecule has 3 heteroatoms. The minimum Gasteiger partial charge on any atom is -0.473 e. The number of likely N-dealkylation sites (N-methyl/N-ethyl adjacent to an activating group) is 1. The van der Waals surface area contributed by atoms with Crippen molar-refractivity contribution in [1.29, 1.82) is 0 Å². The van der Waals surface area contributed by atoms with E-state index in [4.69, 9.17) is 9.47 Å². The second-order valence-corrected chi connectivity index (χ2v) is 13.3. The van der Waals surface area contributed by atoms with Crippen LogP contribution in [0.4, 0.5) is 5.69 Å². The van der Waals surface area contributed by atoms with Gasteiger partial charge in [0.2, 0.25) is 5.72 Å². The first kappa shape index (κ1) is 25.1. The van der Waals surface area contributed by atoms with E-state index in [0.29, 0.717) is 0 Å². The standard InChI is InChI=1S/C42H31NO2/c1-40(2)34-18-10-11-19-35(34)43(3)42(40)25-23-32-38-37(29-14-6-7-15-30(29)39(32)45-42)31-16-8-9-17-33(31)41(38)24-22-28-27-13-5-4-12-26(27)20-21-36(28)44-41/h4-25H,1-3H3. The maximum atomic E-state index is 7.45. The molecule has 216 valence electrons. The zero-order chi connectivity index (χ0) is 30.1. The number of hydrogen-bond acceptors (Lipinski definition) is 3. The van der Waals surface area contributed by atoms with Crippen LogP contribution in [0.2, 0.25) is 0 Å². The Kier molecular flexibility index (Phi) is 4.60. The summed E-state index contributed by atoms with van der Waals surface area (Å²) in [6, 6.07) is 39.0. The maximum absolute atomic E-state index is 7.45. The number of fused-ring (bicyclic) bond motifs is 14. The molecule has 0 radical (unpaired) electrons. The highest BCUT2D eigenvalue weighted by atomic mass is 16.5. The Balaban J connectivity index is 1.27. The first-order chi connectivity index (χ1) is 21.9. The van der Waals surface area contributed by atoms with Gasteiger partial charge in [-0.25, -0.2) is 0 Å². The van der Waals surface area contributed by atoms with Gasteiger partial charge in [-0.15, -0.1) is 0 Å². The Morgan fingerprint density at radius 1 is 0.600 bits per heavy atom. The highest BCUT2D eigenvalue weighted by Gasteiger charge is 2.59. The van der Waals surface area contributed by atoms with Gasteiger partial charge in [-0.1, -0.05) is 97.1 Å². The van der Waals surface area contributed by atoms with Crippen LogP contribution in [0.3, 0.4) is 0 Å². The Bertz CT molecular complexity index is 2350. The van der Waals surface area contributed by atoms with Gasteiger partial charge in [-0.05, 0) is 83.1 Å². The quantitative estimate of drug-likeness (QED) is 0.178. The van der Waals surface area contributed by atoms with Crippen LogP contribution < -0.4 is 14.4 Å². The number of hydrogen-bond donors (Lipinski definition) is 0. The molecule has 0 saturated heterocycles. The third-order valence-electron chi connectivity index (χ3n) is 10.9. The van der Waals surface area contributed by atoms with Gasteiger partial charge >= 0.3 is 0 Å². The van der Waals surface area contributed by atoms with Crippen molar-refractivity contribution in [3.63, 3.8) is 0 Å². The average Bonchev–Trinajstić information content (AvgIpc) is 3.44. The molecule has 4 aliphatic rings. The van der Waals surface area contributed by atoms with Crippen LogP contribution in [-0.4, -0.2) is 12.8 Å². The molecule has 10 rings (SSSR count). The molecule has 3 heterocycles. The van der Waals surface area contributed by atoms with E-state index >= 15 is 0 Å². The molecule has 1 aliphatic carbocycles. The van der Waals surface area contributed by atoms with E-state index in [1.807, 2.05) is 0 Å². The summed E-state index contributed by atoms with van der Waals surface area (Å²) >= 11 is 0. The van der Waals surface area contributed by atoms with Gasteiger partial charge in [-0.2, -0.15) is 0 Å². The molecule has 0 saturated carbocycles. The van der Waals surface area contributed by atoms with Crippen LogP contribution in [0.5, 0.6) is 11.5 Å². The van der Waals surface area contributed by atoms with Crippen LogP contribution in [0.15, 0.2) is 121 Å². The summed E-state index contributed by atoms with van der Waals surface area (Å²) in [5.41, 5.74) is 7.65. The summed E-state index contributed by atoms with van der Waals surface area (Å²) < 4.78 is 14.7. The summed E-state index contributed by atoms with van der Waals surface area (Å²) in [6.45, 7) is 4.59. The van der Waals surface area contributed by atoms with Crippen molar-refractivity contribution in [2.24, 2.45) is 0 Å². The zero-order valence-electron chi connectivity index (χ0n) is 25.5. The Hall–Kier alpha value is -5.28. The van der Waals surface area contributed by atoms with Gasteiger partial charge in [0.1, 0.15) is 11.5 Å². The molecule has 3 nitrogen and oxygen atoms in total. The predicted molar refractivity (Wildman–Crippen MR) is 184 cm³/mol. The fourth-order valence-corrected chi connectivity index (χ4v) is 8.73. The first-order valence-electron chi connectivity index (χ1n) is 15.8. The van der Waals surface area contributed by atoms with Gasteiger partial charge in [0.15, 0.2) is 5.60 Å². The molecule has 2 unspecified atom stereocenters. The van der Waals surface area contributed by atoms with Gasteiger partial charge in [0.25, 0.3) is 0 Å². The third-order valence-corrected chi connectivity index (χ3v) is 10.9. The van der Waals surface area contributed by atoms with Crippen molar-refractivity contribution >= 4 is 39.4 Å². The van der Waals surface area contributed by atoms with Crippen molar-refractivity contribution in [1.82, 2.24) is 0 Å². The molecular formula is C42H31NO2. The minimum atomic E-state index is -0.798. The summed E-state index contributed by atoms with van der Waals surface area (Å²) in [7, 11) is 2.16. The van der Waals surface area contributed by atoms with Crippen LogP contribution in [0.25, 0.3) is 44.8 Å². The number of para-hydroxylation sites is 1. The van der Waals surface area contributed by atoms with E-state index in [2.05, 4.69) is 159 Å². The molecule has 0 fully saturated rings. The lowest BCUT2D eigenvalue weighted by molar-refractivity contribution is 0.0592. The molecule has 0 N–H and O–H groups in total. The number of rotatable bonds is 0. The van der Waals surface area contributed by atoms with Gasteiger partial charge in [0.05, 0.1) is 5.41 Å². The van der Waals surface area contributed by atoms with Crippen LogP contribution in [0.1, 0.15) is 41.7 Å². The molecule has 6 aromatic rings. The Morgan fingerprint density at radius 2 is 1.29 bits per heavy atom. The number of anilines is 1. The largest absolute Gasteiger partial charge is 0.473 e. The molecule has 0 amide bonds. The summed E-state index contributed by atoms with van der Waals surface area (Å²) in [4.78, 5) is 2.31. The van der Waals surface area contributed by atoms with Crippen molar-refractivity contribution in [3.05, 3.63) is 149 Å². The third kappa shape index (κ3) is 2.88. The first-order valence-corrected chi connectivity index (χ1v) is 15.8. The number of benzene rings is 6. The summed E-state index contributed by atoms with van der Waals surface area (Å²) in [5, 5.41) is 4.71. The Labute approximate surface area is 262 Å². The lowest BCUT2D eigenvalue weighted by atomic mass is 9.75. The van der Waals surface area contributed by atoms with Crippen molar-refractivity contribution in [3.8, 4) is 22.6 Å². The second kappa shape index (κ2) is 8.25. The lowest BCUT2D eigenvalue weighted by Crippen LogP contribution is -2.58. The normalized spacial score (nSPS) is 22.6. The fourth-order valence-electron chi connectivity index (χ4n) is 8.73. The maximum Gasteiger partial charge on any atom is 0.211 e. The number of nitrogens with zero attached hydrogens (tertiary/aromatic N) is 1. The fraction of sp³-hybridized carbons (Fsp3) is 0.143. The molecule has 2 spiro atoms. The highest BCUT2D eigenvalue weighted by Crippen LogP contribution is 2.62. The molecule has 3 aliphatic heterocycles. The molecule has 6 aromatic carbocycles. The summed E-state index contributed by atoms with van der Waals surface area (Å²) in [5.74, 6) is 1.80. The average molecular weight is 582 g/mol. The highest BCUT2D eigenvalue weighted by molar-refractivity contribution is 6.09. The van der Waals surface area contributed by atoms with Gasteiger partial charge in [0, 0.05) is 40.4 Å². The van der Waals surface area contributed by atoms with Crippen molar-refractivity contribution in [2.45, 2.75) is 30.6 Å². The molecule has 45 heavy (non-hydrogen) atoms. The van der Waals surface area contributed by atoms with E-state index in [1.165, 1.54) is 38.5 Å².